The second kappa shape index (κ2) is 9.28. The van der Waals surface area contributed by atoms with Gasteiger partial charge in [0, 0.05) is 68.9 Å². The zero-order chi connectivity index (χ0) is 20.1. The number of carbonyl (C=O) groups excluding carboxylic acids is 1. The number of piperidine rings is 1. The molecule has 4 rings (SSSR count). The Kier molecular flexibility index (Phi) is 6.31. The molecule has 0 unspecified atom stereocenters. The summed E-state index contributed by atoms with van der Waals surface area (Å²) in [6.45, 7) is 4.48. The Bertz CT molecular complexity index is 826. The van der Waals surface area contributed by atoms with Crippen molar-refractivity contribution < 1.29 is 14.3 Å². The fourth-order valence-corrected chi connectivity index (χ4v) is 4.00. The van der Waals surface area contributed by atoms with Crippen LogP contribution < -0.4 is 4.90 Å². The summed E-state index contributed by atoms with van der Waals surface area (Å²) in [5.74, 6) is 0.918. The molecule has 0 aliphatic carbocycles. The van der Waals surface area contributed by atoms with Gasteiger partial charge in [-0.25, -0.2) is 9.97 Å². The highest BCUT2D eigenvalue weighted by Crippen LogP contribution is 2.34. The van der Waals surface area contributed by atoms with Gasteiger partial charge >= 0.3 is 0 Å². The summed E-state index contributed by atoms with van der Waals surface area (Å²) < 4.78 is 10.5. The Hall–Kier alpha value is -2.58. The highest BCUT2D eigenvalue weighted by molar-refractivity contribution is 5.77. The fraction of sp³-hybridized carbons (Fsp3) is 0.524. The molecule has 2 aliphatic rings. The van der Waals surface area contributed by atoms with Crippen molar-refractivity contribution >= 4 is 11.9 Å². The van der Waals surface area contributed by atoms with Crippen LogP contribution in [0.25, 0.3) is 11.1 Å². The molecule has 2 aliphatic heterocycles. The minimum Gasteiger partial charge on any atom is -0.378 e. The largest absolute Gasteiger partial charge is 0.378 e. The SMILES string of the molecule is COCC(=O)N1CCC[C@H](c2nc(N3CCOCC3)ncc2-c2cccnc2)C1. The third-order valence-electron chi connectivity index (χ3n) is 5.50. The average molecular weight is 397 g/mol. The molecule has 29 heavy (non-hydrogen) atoms. The number of likely N-dealkylation sites (tertiary alicyclic amines) is 1. The number of carbonyl (C=O) groups is 1. The maximum Gasteiger partial charge on any atom is 0.248 e. The quantitative estimate of drug-likeness (QED) is 0.760. The Morgan fingerprint density at radius 3 is 2.90 bits per heavy atom. The van der Waals surface area contributed by atoms with Gasteiger partial charge in [-0.2, -0.15) is 0 Å². The third kappa shape index (κ3) is 4.54. The molecule has 154 valence electrons. The molecule has 0 saturated carbocycles. The molecule has 0 N–H and O–H groups in total. The van der Waals surface area contributed by atoms with Gasteiger partial charge in [-0.1, -0.05) is 6.07 Å². The van der Waals surface area contributed by atoms with Crippen molar-refractivity contribution in [3.05, 3.63) is 36.4 Å². The van der Waals surface area contributed by atoms with Crippen LogP contribution in [0.5, 0.6) is 0 Å². The predicted octanol–water partition coefficient (Wildman–Crippen LogP) is 1.73. The van der Waals surface area contributed by atoms with Crippen LogP contribution in [0.4, 0.5) is 5.95 Å². The van der Waals surface area contributed by atoms with Gasteiger partial charge in [0.05, 0.1) is 18.9 Å². The minimum atomic E-state index is 0.0302. The van der Waals surface area contributed by atoms with Crippen LogP contribution >= 0.6 is 0 Å². The third-order valence-corrected chi connectivity index (χ3v) is 5.50. The maximum atomic E-state index is 12.4. The molecule has 1 atom stereocenters. The van der Waals surface area contributed by atoms with E-state index in [4.69, 9.17) is 14.5 Å². The summed E-state index contributed by atoms with van der Waals surface area (Å²) in [5, 5.41) is 0. The van der Waals surface area contributed by atoms with E-state index in [2.05, 4.69) is 14.9 Å². The topological polar surface area (TPSA) is 80.7 Å². The lowest BCUT2D eigenvalue weighted by molar-refractivity contribution is -0.136. The standard InChI is InChI=1S/C21H27N5O3/c1-28-15-19(27)26-7-3-5-17(14-26)20-18(16-4-2-6-22-12-16)13-23-21(24-20)25-8-10-29-11-9-25/h2,4,6,12-13,17H,3,5,7-11,14-15H2,1H3/t17-/m0/s1. The smallest absolute Gasteiger partial charge is 0.248 e. The van der Waals surface area contributed by atoms with Gasteiger partial charge < -0.3 is 19.3 Å². The summed E-state index contributed by atoms with van der Waals surface area (Å²) in [6.07, 6.45) is 7.44. The number of anilines is 1. The average Bonchev–Trinajstić information content (AvgIpc) is 2.80. The molecule has 2 saturated heterocycles. The van der Waals surface area contributed by atoms with E-state index in [1.54, 1.807) is 13.3 Å². The van der Waals surface area contributed by atoms with Gasteiger partial charge in [0.2, 0.25) is 11.9 Å². The van der Waals surface area contributed by atoms with E-state index in [0.717, 1.165) is 55.2 Å². The molecule has 2 aromatic rings. The van der Waals surface area contributed by atoms with E-state index in [1.165, 1.54) is 0 Å². The van der Waals surface area contributed by atoms with Crippen LogP contribution in [0.1, 0.15) is 24.5 Å². The molecule has 2 aromatic heterocycles. The van der Waals surface area contributed by atoms with E-state index in [1.807, 2.05) is 29.4 Å². The van der Waals surface area contributed by atoms with Gasteiger partial charge in [0.15, 0.2) is 0 Å². The summed E-state index contributed by atoms with van der Waals surface area (Å²) >= 11 is 0. The molecule has 8 heteroatoms. The number of nitrogens with zero attached hydrogens (tertiary/aromatic N) is 5. The van der Waals surface area contributed by atoms with Gasteiger partial charge in [0.1, 0.15) is 6.61 Å². The van der Waals surface area contributed by atoms with E-state index in [9.17, 15) is 4.79 Å². The molecule has 0 spiro atoms. The molecular weight excluding hydrogens is 370 g/mol. The molecule has 1 amide bonds. The lowest BCUT2D eigenvalue weighted by atomic mass is 9.90. The Balaban J connectivity index is 1.67. The summed E-state index contributed by atoms with van der Waals surface area (Å²) in [6, 6.07) is 3.95. The number of rotatable bonds is 5. The number of methoxy groups -OCH3 is 1. The fourth-order valence-electron chi connectivity index (χ4n) is 4.00. The van der Waals surface area contributed by atoms with Crippen LogP contribution in [-0.2, 0) is 14.3 Å². The minimum absolute atomic E-state index is 0.0302. The zero-order valence-corrected chi connectivity index (χ0v) is 16.8. The van der Waals surface area contributed by atoms with Gasteiger partial charge in [-0.05, 0) is 18.9 Å². The van der Waals surface area contributed by atoms with Crippen molar-refractivity contribution in [1.82, 2.24) is 19.9 Å². The lowest BCUT2D eigenvalue weighted by Gasteiger charge is -2.34. The van der Waals surface area contributed by atoms with E-state index in [-0.39, 0.29) is 18.4 Å². The highest BCUT2D eigenvalue weighted by atomic mass is 16.5. The highest BCUT2D eigenvalue weighted by Gasteiger charge is 2.29. The first-order valence-electron chi connectivity index (χ1n) is 10.1. The zero-order valence-electron chi connectivity index (χ0n) is 16.8. The van der Waals surface area contributed by atoms with Crippen molar-refractivity contribution in [2.45, 2.75) is 18.8 Å². The first kappa shape index (κ1) is 19.7. The number of morpholine rings is 1. The van der Waals surface area contributed by atoms with E-state index < -0.39 is 0 Å². The van der Waals surface area contributed by atoms with Gasteiger partial charge in [-0.15, -0.1) is 0 Å². The van der Waals surface area contributed by atoms with Crippen molar-refractivity contribution in [2.75, 3.05) is 58.0 Å². The molecule has 8 nitrogen and oxygen atoms in total. The van der Waals surface area contributed by atoms with Crippen LogP contribution in [0.15, 0.2) is 30.7 Å². The number of hydrogen-bond acceptors (Lipinski definition) is 7. The van der Waals surface area contributed by atoms with Crippen molar-refractivity contribution in [3.63, 3.8) is 0 Å². The lowest BCUT2D eigenvalue weighted by Crippen LogP contribution is -2.41. The van der Waals surface area contributed by atoms with Crippen molar-refractivity contribution in [3.8, 4) is 11.1 Å². The van der Waals surface area contributed by atoms with Crippen molar-refractivity contribution in [2.24, 2.45) is 0 Å². The maximum absolute atomic E-state index is 12.4. The molecule has 0 bridgehead atoms. The first-order chi connectivity index (χ1) is 14.3. The normalized spacial score (nSPS) is 20.0. The molecule has 0 radical (unpaired) electrons. The monoisotopic (exact) mass is 397 g/mol. The second-order valence-corrected chi connectivity index (χ2v) is 7.42. The number of amides is 1. The van der Waals surface area contributed by atoms with Crippen LogP contribution in [0.2, 0.25) is 0 Å². The number of pyridine rings is 1. The predicted molar refractivity (Wildman–Crippen MR) is 109 cm³/mol. The Morgan fingerprint density at radius 1 is 1.28 bits per heavy atom. The summed E-state index contributed by atoms with van der Waals surface area (Å²) in [4.78, 5) is 30.3. The van der Waals surface area contributed by atoms with Crippen molar-refractivity contribution in [1.29, 1.82) is 0 Å². The molecular formula is C21H27N5O3. The molecule has 2 fully saturated rings. The second-order valence-electron chi connectivity index (χ2n) is 7.42. The van der Waals surface area contributed by atoms with Crippen LogP contribution in [0, 0.1) is 0 Å². The van der Waals surface area contributed by atoms with Crippen LogP contribution in [-0.4, -0.2) is 78.9 Å². The number of ether oxygens (including phenoxy) is 2. The van der Waals surface area contributed by atoms with Crippen LogP contribution in [0.3, 0.4) is 0 Å². The number of aromatic nitrogens is 3. The first-order valence-corrected chi connectivity index (χ1v) is 10.1. The molecule has 0 aromatic carbocycles. The van der Waals surface area contributed by atoms with E-state index >= 15 is 0 Å². The van der Waals surface area contributed by atoms with Gasteiger partial charge in [0.25, 0.3) is 0 Å². The summed E-state index contributed by atoms with van der Waals surface area (Å²) in [7, 11) is 1.55. The Morgan fingerprint density at radius 2 is 2.14 bits per heavy atom. The molecule has 4 heterocycles. The Labute approximate surface area is 170 Å². The van der Waals surface area contributed by atoms with E-state index in [0.29, 0.717) is 19.8 Å². The summed E-state index contributed by atoms with van der Waals surface area (Å²) in [5.41, 5.74) is 2.97. The van der Waals surface area contributed by atoms with Gasteiger partial charge in [-0.3, -0.25) is 9.78 Å². The number of hydrogen-bond donors (Lipinski definition) is 0.